The van der Waals surface area contributed by atoms with Crippen molar-refractivity contribution < 1.29 is 14.2 Å². The molecule has 0 amide bonds. The van der Waals surface area contributed by atoms with Crippen LogP contribution in [0.4, 0.5) is 0 Å². The van der Waals surface area contributed by atoms with Crippen LogP contribution in [-0.2, 0) is 17.8 Å². The van der Waals surface area contributed by atoms with Gasteiger partial charge in [-0.2, -0.15) is 15.4 Å². The van der Waals surface area contributed by atoms with Crippen molar-refractivity contribution >= 4 is 0 Å². The fraction of sp³-hybridized carbons (Fsp3) is 0.391. The van der Waals surface area contributed by atoms with Gasteiger partial charge in [0.2, 0.25) is 0 Å². The number of para-hydroxylation sites is 1. The lowest BCUT2D eigenvalue weighted by atomic mass is 10.1. The molecule has 7 nitrogen and oxygen atoms in total. The van der Waals surface area contributed by atoms with E-state index in [2.05, 4.69) is 38.5 Å². The molecule has 3 aromatic rings. The highest BCUT2D eigenvalue weighted by atomic mass is 16.5. The molecule has 1 aliphatic rings. The van der Waals surface area contributed by atoms with E-state index in [1.165, 1.54) is 0 Å². The van der Waals surface area contributed by atoms with E-state index < -0.39 is 0 Å². The second kappa shape index (κ2) is 9.73. The van der Waals surface area contributed by atoms with Crippen LogP contribution in [0.5, 0.6) is 11.5 Å². The molecule has 1 N–H and O–H groups in total. The van der Waals surface area contributed by atoms with E-state index in [4.69, 9.17) is 14.2 Å². The van der Waals surface area contributed by atoms with Crippen LogP contribution >= 0.6 is 0 Å². The summed E-state index contributed by atoms with van der Waals surface area (Å²) in [6, 6.07) is 16.1. The topological polar surface area (TPSA) is 72.5 Å². The number of hydrogen-bond donors (Lipinski definition) is 1. The Balaban J connectivity index is 1.59. The maximum absolute atomic E-state index is 5.92. The van der Waals surface area contributed by atoms with Crippen molar-refractivity contribution in [3.63, 3.8) is 0 Å². The molecule has 2 aromatic carbocycles. The summed E-state index contributed by atoms with van der Waals surface area (Å²) in [4.78, 5) is 2.34. The second-order valence-electron chi connectivity index (χ2n) is 7.44. The zero-order valence-corrected chi connectivity index (χ0v) is 17.5. The lowest BCUT2D eigenvalue weighted by Gasteiger charge is -2.26. The molecule has 1 fully saturated rings. The van der Waals surface area contributed by atoms with Gasteiger partial charge in [-0.25, -0.2) is 0 Å². The third-order valence-corrected chi connectivity index (χ3v) is 5.40. The minimum atomic E-state index is 0.230. The van der Waals surface area contributed by atoms with Crippen LogP contribution in [0.15, 0.2) is 48.5 Å². The van der Waals surface area contributed by atoms with Crippen LogP contribution in [-0.4, -0.2) is 53.8 Å². The van der Waals surface area contributed by atoms with E-state index in [9.17, 15) is 0 Å². The SMILES string of the molecule is COc1cccc(CN(Cc2n[nH]nc2-c2ccccc2)C[C@H]2CCCO2)c1OC. The van der Waals surface area contributed by atoms with Gasteiger partial charge >= 0.3 is 0 Å². The molecule has 158 valence electrons. The van der Waals surface area contributed by atoms with Crippen molar-refractivity contribution in [2.45, 2.75) is 32.0 Å². The first-order valence-electron chi connectivity index (χ1n) is 10.3. The largest absolute Gasteiger partial charge is 0.493 e. The van der Waals surface area contributed by atoms with Gasteiger partial charge in [-0.3, -0.25) is 4.90 Å². The van der Waals surface area contributed by atoms with Gasteiger partial charge in [0.15, 0.2) is 11.5 Å². The van der Waals surface area contributed by atoms with E-state index in [0.29, 0.717) is 13.1 Å². The summed E-state index contributed by atoms with van der Waals surface area (Å²) in [7, 11) is 3.34. The molecule has 0 aliphatic carbocycles. The molecule has 0 spiro atoms. The third-order valence-electron chi connectivity index (χ3n) is 5.40. The summed E-state index contributed by atoms with van der Waals surface area (Å²) < 4.78 is 17.0. The summed E-state index contributed by atoms with van der Waals surface area (Å²) in [6.07, 6.45) is 2.42. The van der Waals surface area contributed by atoms with Crippen molar-refractivity contribution in [3.05, 3.63) is 59.8 Å². The number of aromatic nitrogens is 3. The van der Waals surface area contributed by atoms with E-state index >= 15 is 0 Å². The summed E-state index contributed by atoms with van der Waals surface area (Å²) in [6.45, 7) is 3.00. The molecule has 4 rings (SSSR count). The van der Waals surface area contributed by atoms with Crippen LogP contribution in [0, 0.1) is 0 Å². The number of ether oxygens (including phenoxy) is 3. The summed E-state index contributed by atoms with van der Waals surface area (Å²) in [5.41, 5.74) is 3.92. The smallest absolute Gasteiger partial charge is 0.165 e. The molecule has 2 heterocycles. The molecule has 7 heteroatoms. The van der Waals surface area contributed by atoms with Gasteiger partial charge in [0, 0.05) is 37.4 Å². The second-order valence-corrected chi connectivity index (χ2v) is 7.44. The molecule has 30 heavy (non-hydrogen) atoms. The summed E-state index contributed by atoms with van der Waals surface area (Å²) in [5, 5.41) is 11.6. The maximum atomic E-state index is 5.92. The van der Waals surface area contributed by atoms with Crippen LogP contribution in [0.25, 0.3) is 11.3 Å². The van der Waals surface area contributed by atoms with Gasteiger partial charge in [0.1, 0.15) is 11.4 Å². The first kappa shape index (κ1) is 20.4. The van der Waals surface area contributed by atoms with Crippen LogP contribution in [0.3, 0.4) is 0 Å². The van der Waals surface area contributed by atoms with E-state index in [0.717, 1.165) is 60.0 Å². The van der Waals surface area contributed by atoms with E-state index in [1.807, 2.05) is 30.3 Å². The third kappa shape index (κ3) is 4.63. The lowest BCUT2D eigenvalue weighted by Crippen LogP contribution is -2.32. The van der Waals surface area contributed by atoms with Crippen molar-refractivity contribution in [1.82, 2.24) is 20.3 Å². The molecule has 1 saturated heterocycles. The summed E-state index contributed by atoms with van der Waals surface area (Å²) in [5.74, 6) is 1.50. The van der Waals surface area contributed by atoms with Gasteiger partial charge in [-0.1, -0.05) is 42.5 Å². The summed E-state index contributed by atoms with van der Waals surface area (Å²) >= 11 is 0. The van der Waals surface area contributed by atoms with Crippen molar-refractivity contribution in [2.24, 2.45) is 0 Å². The number of benzene rings is 2. The molecule has 0 bridgehead atoms. The van der Waals surface area contributed by atoms with Crippen molar-refractivity contribution in [2.75, 3.05) is 27.4 Å². The minimum absolute atomic E-state index is 0.230. The predicted molar refractivity (Wildman–Crippen MR) is 114 cm³/mol. The highest BCUT2D eigenvalue weighted by Gasteiger charge is 2.23. The Bertz CT molecular complexity index is 939. The highest BCUT2D eigenvalue weighted by molar-refractivity contribution is 5.60. The number of nitrogens with one attached hydrogen (secondary N) is 1. The first-order valence-corrected chi connectivity index (χ1v) is 10.3. The van der Waals surface area contributed by atoms with Crippen molar-refractivity contribution in [1.29, 1.82) is 0 Å². The Hall–Kier alpha value is -2.90. The Morgan fingerprint density at radius 3 is 2.63 bits per heavy atom. The zero-order valence-electron chi connectivity index (χ0n) is 17.5. The van der Waals surface area contributed by atoms with Gasteiger partial charge in [0.25, 0.3) is 0 Å². The zero-order chi connectivity index (χ0) is 20.8. The number of rotatable bonds is 9. The van der Waals surface area contributed by atoms with E-state index in [-0.39, 0.29) is 6.10 Å². The molecule has 0 radical (unpaired) electrons. The molecular weight excluding hydrogens is 380 g/mol. The highest BCUT2D eigenvalue weighted by Crippen LogP contribution is 2.32. The Labute approximate surface area is 177 Å². The fourth-order valence-corrected chi connectivity index (χ4v) is 3.98. The quantitative estimate of drug-likeness (QED) is 0.582. The van der Waals surface area contributed by atoms with Gasteiger partial charge < -0.3 is 14.2 Å². The average molecular weight is 409 g/mol. The number of methoxy groups -OCH3 is 2. The predicted octanol–water partition coefficient (Wildman–Crippen LogP) is 3.67. The fourth-order valence-electron chi connectivity index (χ4n) is 3.98. The van der Waals surface area contributed by atoms with Gasteiger partial charge in [-0.05, 0) is 18.9 Å². The standard InChI is InChI=1S/C23H28N4O3/c1-28-21-12-6-10-18(23(21)29-2)14-27(15-19-11-7-13-30-19)16-20-22(25-26-24-20)17-8-4-3-5-9-17/h3-6,8-10,12,19H,7,11,13-16H2,1-2H3,(H,24,25,26)/t19-/m1/s1. The molecule has 1 aliphatic heterocycles. The molecule has 0 saturated carbocycles. The molecule has 1 atom stereocenters. The minimum Gasteiger partial charge on any atom is -0.493 e. The number of hydrogen-bond acceptors (Lipinski definition) is 6. The maximum Gasteiger partial charge on any atom is 0.165 e. The van der Waals surface area contributed by atoms with E-state index in [1.54, 1.807) is 14.2 Å². The Morgan fingerprint density at radius 2 is 1.90 bits per heavy atom. The Kier molecular flexibility index (Phi) is 6.61. The van der Waals surface area contributed by atoms with Gasteiger partial charge in [0.05, 0.1) is 20.3 Å². The number of H-pyrrole nitrogens is 1. The molecule has 1 aromatic heterocycles. The average Bonchev–Trinajstić information content (AvgIpc) is 3.46. The molecular formula is C23H28N4O3. The van der Waals surface area contributed by atoms with Crippen LogP contribution in [0.1, 0.15) is 24.1 Å². The van der Waals surface area contributed by atoms with Gasteiger partial charge in [-0.15, -0.1) is 0 Å². The first-order chi connectivity index (χ1) is 14.8. The van der Waals surface area contributed by atoms with Crippen molar-refractivity contribution in [3.8, 4) is 22.8 Å². The molecule has 0 unspecified atom stereocenters. The Morgan fingerprint density at radius 1 is 1.03 bits per heavy atom. The lowest BCUT2D eigenvalue weighted by molar-refractivity contribution is 0.0672. The monoisotopic (exact) mass is 408 g/mol. The van der Waals surface area contributed by atoms with Crippen LogP contribution in [0.2, 0.25) is 0 Å². The number of nitrogens with zero attached hydrogens (tertiary/aromatic N) is 3. The van der Waals surface area contributed by atoms with Crippen LogP contribution < -0.4 is 9.47 Å². The normalized spacial score (nSPS) is 16.2. The number of aromatic amines is 1.